The molecule has 3 aromatic carbocycles. The van der Waals surface area contributed by atoms with Crippen LogP contribution in [0.3, 0.4) is 0 Å². The van der Waals surface area contributed by atoms with Crippen LogP contribution in [0.1, 0.15) is 46.9 Å². The molecule has 0 fully saturated rings. The molecule has 1 aliphatic rings. The van der Waals surface area contributed by atoms with E-state index >= 15 is 0 Å². The van der Waals surface area contributed by atoms with Gasteiger partial charge in [0, 0.05) is 30.5 Å². The Morgan fingerprint density at radius 1 is 0.968 bits per heavy atom. The second-order valence-electron chi connectivity index (χ2n) is 7.59. The third kappa shape index (κ3) is 4.14. The first kappa shape index (κ1) is 20.6. The normalized spacial score (nSPS) is 12.3. The molecule has 0 aliphatic carbocycles. The highest BCUT2D eigenvalue weighted by Crippen LogP contribution is 2.37. The molecule has 2 N–H and O–H groups in total. The zero-order valence-corrected chi connectivity index (χ0v) is 17.5. The van der Waals surface area contributed by atoms with Crippen molar-refractivity contribution in [3.8, 4) is 0 Å². The lowest BCUT2D eigenvalue weighted by atomic mass is 10.1. The quantitative estimate of drug-likeness (QED) is 0.574. The first-order valence-electron chi connectivity index (χ1n) is 10.6. The summed E-state index contributed by atoms with van der Waals surface area (Å²) in [7, 11) is 0. The molecule has 31 heavy (non-hydrogen) atoms. The molecule has 6 nitrogen and oxygen atoms in total. The minimum Gasteiger partial charge on any atom is -0.352 e. The van der Waals surface area contributed by atoms with Gasteiger partial charge in [-0.05, 0) is 42.5 Å². The lowest BCUT2D eigenvalue weighted by molar-refractivity contribution is -0.116. The second-order valence-corrected chi connectivity index (χ2v) is 7.59. The summed E-state index contributed by atoms with van der Waals surface area (Å²) in [6.45, 7) is 3.02. The van der Waals surface area contributed by atoms with E-state index in [9.17, 15) is 14.4 Å². The van der Waals surface area contributed by atoms with Crippen LogP contribution in [0.4, 0.5) is 11.4 Å². The molecule has 0 unspecified atom stereocenters. The highest BCUT2D eigenvalue weighted by Gasteiger charge is 2.29. The fourth-order valence-corrected chi connectivity index (χ4v) is 3.94. The van der Waals surface area contributed by atoms with Crippen molar-refractivity contribution >= 4 is 39.9 Å². The summed E-state index contributed by atoms with van der Waals surface area (Å²) in [5.41, 5.74) is 2.55. The number of carbonyl (C=O) groups is 3. The second kappa shape index (κ2) is 9.00. The number of para-hydroxylation sites is 1. The van der Waals surface area contributed by atoms with Crippen LogP contribution in [0, 0.1) is 0 Å². The van der Waals surface area contributed by atoms with Crippen LogP contribution in [0.5, 0.6) is 0 Å². The number of rotatable bonds is 8. The molecule has 158 valence electrons. The first-order valence-corrected chi connectivity index (χ1v) is 10.6. The Morgan fingerprint density at radius 3 is 2.55 bits per heavy atom. The average Bonchev–Trinajstić information content (AvgIpc) is 3.06. The molecule has 0 radical (unpaired) electrons. The fraction of sp³-hybridized carbons (Fsp3) is 0.240. The van der Waals surface area contributed by atoms with Gasteiger partial charge in [-0.2, -0.15) is 0 Å². The Balaban J connectivity index is 1.38. The minimum absolute atomic E-state index is 0.0230. The first-order chi connectivity index (χ1) is 15.1. The molecular formula is C25H25N3O3. The number of hydrogen-bond donors (Lipinski definition) is 2. The van der Waals surface area contributed by atoms with Gasteiger partial charge >= 0.3 is 0 Å². The maximum Gasteiger partial charge on any atom is 0.258 e. The maximum absolute atomic E-state index is 12.8. The van der Waals surface area contributed by atoms with E-state index in [0.29, 0.717) is 36.3 Å². The predicted molar refractivity (Wildman–Crippen MR) is 123 cm³/mol. The van der Waals surface area contributed by atoms with Crippen molar-refractivity contribution in [2.24, 2.45) is 0 Å². The van der Waals surface area contributed by atoms with Crippen molar-refractivity contribution in [1.29, 1.82) is 0 Å². The molecule has 0 saturated carbocycles. The molecule has 0 saturated heterocycles. The topological polar surface area (TPSA) is 78.5 Å². The number of carbonyl (C=O) groups excluding carboxylic acids is 3. The van der Waals surface area contributed by atoms with Crippen LogP contribution in [0.25, 0.3) is 10.8 Å². The molecule has 3 aromatic rings. The summed E-state index contributed by atoms with van der Waals surface area (Å²) in [5, 5.41) is 7.69. The summed E-state index contributed by atoms with van der Waals surface area (Å²) >= 11 is 0. The van der Waals surface area contributed by atoms with Crippen molar-refractivity contribution in [3.63, 3.8) is 0 Å². The fourth-order valence-electron chi connectivity index (χ4n) is 3.94. The van der Waals surface area contributed by atoms with E-state index < -0.39 is 0 Å². The van der Waals surface area contributed by atoms with Crippen LogP contribution in [-0.2, 0) is 4.79 Å². The number of anilines is 2. The van der Waals surface area contributed by atoms with Gasteiger partial charge in [0.25, 0.3) is 11.8 Å². The van der Waals surface area contributed by atoms with Crippen LogP contribution in [-0.4, -0.2) is 30.8 Å². The van der Waals surface area contributed by atoms with Gasteiger partial charge in [0.2, 0.25) is 5.91 Å². The van der Waals surface area contributed by atoms with E-state index in [2.05, 4.69) is 10.6 Å². The van der Waals surface area contributed by atoms with E-state index in [1.165, 1.54) is 0 Å². The van der Waals surface area contributed by atoms with Gasteiger partial charge in [0.05, 0.1) is 16.9 Å². The molecule has 1 aliphatic heterocycles. The Kier molecular flexibility index (Phi) is 5.98. The zero-order valence-electron chi connectivity index (χ0n) is 17.5. The summed E-state index contributed by atoms with van der Waals surface area (Å²) in [4.78, 5) is 39.4. The van der Waals surface area contributed by atoms with Crippen LogP contribution in [0.2, 0.25) is 0 Å². The van der Waals surface area contributed by atoms with Crippen molar-refractivity contribution in [2.45, 2.75) is 26.2 Å². The standard InChI is InChI=1S/C25H25N3O3/c1-2-15-26-24(30)18-10-3-4-12-20(18)27-22(29)14-7-16-28-21-13-6-9-17-8-5-11-19(23(17)21)25(28)31/h3-6,8-13H,2,7,14-16H2,1H3,(H,26,30)(H,27,29). The minimum atomic E-state index is -0.203. The number of nitrogens with zero attached hydrogens (tertiary/aromatic N) is 1. The lowest BCUT2D eigenvalue weighted by Crippen LogP contribution is -2.29. The summed E-state index contributed by atoms with van der Waals surface area (Å²) < 4.78 is 0. The predicted octanol–water partition coefficient (Wildman–Crippen LogP) is 4.36. The van der Waals surface area contributed by atoms with E-state index in [0.717, 1.165) is 22.9 Å². The van der Waals surface area contributed by atoms with Crippen LogP contribution < -0.4 is 15.5 Å². The molecule has 6 heteroatoms. The van der Waals surface area contributed by atoms with E-state index in [1.54, 1.807) is 29.2 Å². The zero-order chi connectivity index (χ0) is 21.8. The molecular weight excluding hydrogens is 390 g/mol. The number of hydrogen-bond acceptors (Lipinski definition) is 3. The molecule has 3 amide bonds. The Morgan fingerprint density at radius 2 is 1.74 bits per heavy atom. The number of benzene rings is 3. The molecule has 0 atom stereocenters. The lowest BCUT2D eigenvalue weighted by Gasteiger charge is -2.17. The SMILES string of the molecule is CCCNC(=O)c1ccccc1NC(=O)CCCN1C(=O)c2cccc3cccc1c23. The van der Waals surface area contributed by atoms with Gasteiger partial charge < -0.3 is 15.5 Å². The highest BCUT2D eigenvalue weighted by molar-refractivity contribution is 6.25. The van der Waals surface area contributed by atoms with Gasteiger partial charge in [-0.1, -0.05) is 43.3 Å². The van der Waals surface area contributed by atoms with Crippen molar-refractivity contribution in [3.05, 3.63) is 71.8 Å². The smallest absolute Gasteiger partial charge is 0.258 e. The van der Waals surface area contributed by atoms with Crippen molar-refractivity contribution in [2.75, 3.05) is 23.3 Å². The Bertz CT molecular complexity index is 1150. The average molecular weight is 415 g/mol. The maximum atomic E-state index is 12.8. The molecule has 0 spiro atoms. The summed E-state index contributed by atoms with van der Waals surface area (Å²) in [5.74, 6) is -0.408. The third-order valence-electron chi connectivity index (χ3n) is 5.42. The Hall–Kier alpha value is -3.67. The molecule has 4 rings (SSSR count). The Labute approximate surface area is 181 Å². The van der Waals surface area contributed by atoms with Crippen LogP contribution >= 0.6 is 0 Å². The van der Waals surface area contributed by atoms with Gasteiger partial charge in [0.15, 0.2) is 0 Å². The van der Waals surface area contributed by atoms with Gasteiger partial charge in [-0.15, -0.1) is 0 Å². The third-order valence-corrected chi connectivity index (χ3v) is 5.42. The molecule has 0 aromatic heterocycles. The molecule has 1 heterocycles. The van der Waals surface area contributed by atoms with Crippen molar-refractivity contribution < 1.29 is 14.4 Å². The van der Waals surface area contributed by atoms with E-state index in [-0.39, 0.29) is 24.1 Å². The van der Waals surface area contributed by atoms with Crippen molar-refractivity contribution in [1.82, 2.24) is 5.32 Å². The van der Waals surface area contributed by atoms with Gasteiger partial charge in [-0.3, -0.25) is 14.4 Å². The van der Waals surface area contributed by atoms with Crippen LogP contribution in [0.15, 0.2) is 60.7 Å². The molecule has 0 bridgehead atoms. The number of amides is 3. The van der Waals surface area contributed by atoms with Gasteiger partial charge in [-0.25, -0.2) is 0 Å². The largest absolute Gasteiger partial charge is 0.352 e. The van der Waals surface area contributed by atoms with Gasteiger partial charge in [0.1, 0.15) is 0 Å². The summed E-state index contributed by atoms with van der Waals surface area (Å²) in [6.07, 6.45) is 1.61. The summed E-state index contributed by atoms with van der Waals surface area (Å²) in [6, 6.07) is 18.6. The monoisotopic (exact) mass is 415 g/mol. The van der Waals surface area contributed by atoms with E-state index in [1.807, 2.05) is 43.3 Å². The number of nitrogens with one attached hydrogen (secondary N) is 2. The highest BCUT2D eigenvalue weighted by atomic mass is 16.2. The van der Waals surface area contributed by atoms with E-state index in [4.69, 9.17) is 0 Å².